The van der Waals surface area contributed by atoms with Crippen molar-refractivity contribution in [2.75, 3.05) is 5.32 Å². The molecule has 1 N–H and O–H groups in total. The van der Waals surface area contributed by atoms with Crippen molar-refractivity contribution in [1.82, 2.24) is 4.98 Å². The third-order valence-electron chi connectivity index (χ3n) is 4.85. The highest BCUT2D eigenvalue weighted by molar-refractivity contribution is 7.16. The van der Waals surface area contributed by atoms with Crippen molar-refractivity contribution in [3.05, 3.63) is 58.3 Å². The van der Waals surface area contributed by atoms with Gasteiger partial charge in [-0.05, 0) is 31.6 Å². The number of hydrogen-bond donors (Lipinski definition) is 1. The molecular weight excluding hydrogens is 332 g/mol. The minimum atomic E-state index is -0.231. The molecule has 0 saturated carbocycles. The van der Waals surface area contributed by atoms with Crippen LogP contribution in [0.1, 0.15) is 33.1 Å². The summed E-state index contributed by atoms with van der Waals surface area (Å²) in [5, 5.41) is 6.68. The largest absolute Gasteiger partial charge is 0.450 e. The fourth-order valence-electron chi connectivity index (χ4n) is 3.56. The molecule has 1 aliphatic rings. The Kier molecular flexibility index (Phi) is 3.18. The minimum Gasteiger partial charge on any atom is -0.450 e. The van der Waals surface area contributed by atoms with Gasteiger partial charge >= 0.3 is 0 Å². The first-order valence-electron chi connectivity index (χ1n) is 8.41. The van der Waals surface area contributed by atoms with E-state index in [9.17, 15) is 4.79 Å². The van der Waals surface area contributed by atoms with E-state index in [-0.39, 0.29) is 5.91 Å². The van der Waals surface area contributed by atoms with Gasteiger partial charge < -0.3 is 4.42 Å². The molecule has 4 nitrogen and oxygen atoms in total. The molecule has 5 heteroatoms. The molecule has 0 aliphatic heterocycles. The van der Waals surface area contributed by atoms with Crippen LogP contribution in [0.5, 0.6) is 0 Å². The number of furan rings is 1. The predicted molar refractivity (Wildman–Crippen MR) is 101 cm³/mol. The van der Waals surface area contributed by atoms with Gasteiger partial charge in [0, 0.05) is 21.2 Å². The summed E-state index contributed by atoms with van der Waals surface area (Å²) in [5.74, 6) is 0.131. The number of hydrogen-bond acceptors (Lipinski definition) is 4. The lowest BCUT2D eigenvalue weighted by molar-refractivity contribution is 0.0998. The number of nitrogens with one attached hydrogen (secondary N) is 1. The number of aromatic nitrogens is 1. The number of amides is 1. The van der Waals surface area contributed by atoms with Crippen molar-refractivity contribution in [2.45, 2.75) is 26.2 Å². The summed E-state index contributed by atoms with van der Waals surface area (Å²) in [6.45, 7) is 1.93. The molecular formula is C20H16N2O2S. The molecule has 2 aromatic carbocycles. The Hall–Kier alpha value is -2.66. The number of carbonyl (C=O) groups excluding carboxylic acids is 1. The first kappa shape index (κ1) is 14.7. The topological polar surface area (TPSA) is 55.1 Å². The van der Waals surface area contributed by atoms with Crippen molar-refractivity contribution in [3.63, 3.8) is 0 Å². The molecule has 4 aromatic rings. The maximum absolute atomic E-state index is 12.7. The smallest absolute Gasteiger partial charge is 0.293 e. The number of thiazole rings is 1. The molecule has 1 aliphatic carbocycles. The molecule has 0 unspecified atom stereocenters. The summed E-state index contributed by atoms with van der Waals surface area (Å²) in [6.07, 6.45) is 3.24. The Morgan fingerprint density at radius 3 is 2.92 bits per heavy atom. The first-order valence-corrected chi connectivity index (χ1v) is 9.23. The molecule has 2 aromatic heterocycles. The van der Waals surface area contributed by atoms with E-state index in [0.29, 0.717) is 10.9 Å². The van der Waals surface area contributed by atoms with Gasteiger partial charge in [0.2, 0.25) is 0 Å². The van der Waals surface area contributed by atoms with Gasteiger partial charge in [-0.2, -0.15) is 0 Å². The van der Waals surface area contributed by atoms with E-state index in [1.807, 2.05) is 37.3 Å². The Bertz CT molecular complexity index is 1120. The molecule has 0 atom stereocenters. The second-order valence-corrected chi connectivity index (χ2v) is 7.50. The van der Waals surface area contributed by atoms with Crippen LogP contribution in [0.25, 0.3) is 21.7 Å². The molecule has 25 heavy (non-hydrogen) atoms. The fourth-order valence-corrected chi connectivity index (χ4v) is 4.61. The average molecular weight is 348 g/mol. The predicted octanol–water partition coefficient (Wildman–Crippen LogP) is 5.09. The zero-order valence-corrected chi connectivity index (χ0v) is 14.6. The molecule has 0 bridgehead atoms. The zero-order valence-electron chi connectivity index (χ0n) is 13.8. The second kappa shape index (κ2) is 5.43. The van der Waals surface area contributed by atoms with Crippen molar-refractivity contribution < 1.29 is 9.21 Å². The van der Waals surface area contributed by atoms with E-state index >= 15 is 0 Å². The summed E-state index contributed by atoms with van der Waals surface area (Å²) in [7, 11) is 0. The zero-order chi connectivity index (χ0) is 17.0. The Labute approximate surface area is 148 Å². The molecule has 0 radical (unpaired) electrons. The van der Waals surface area contributed by atoms with Crippen LogP contribution in [0.4, 0.5) is 5.13 Å². The normalized spacial score (nSPS) is 13.5. The molecule has 0 fully saturated rings. The summed E-state index contributed by atoms with van der Waals surface area (Å²) in [5.41, 5.74) is 2.76. The molecule has 5 rings (SSSR count). The van der Waals surface area contributed by atoms with Crippen LogP contribution in [0, 0.1) is 6.92 Å². The Balaban J connectivity index is 1.56. The van der Waals surface area contributed by atoms with E-state index in [4.69, 9.17) is 4.42 Å². The Morgan fingerprint density at radius 1 is 1.16 bits per heavy atom. The van der Waals surface area contributed by atoms with Crippen LogP contribution in [0.15, 0.2) is 40.8 Å². The van der Waals surface area contributed by atoms with Crippen LogP contribution >= 0.6 is 11.3 Å². The molecule has 1 amide bonds. The van der Waals surface area contributed by atoms with Gasteiger partial charge in [-0.25, -0.2) is 4.98 Å². The number of fused-ring (bicyclic) bond motifs is 4. The third-order valence-corrected chi connectivity index (χ3v) is 5.92. The maximum Gasteiger partial charge on any atom is 0.293 e. The third kappa shape index (κ3) is 2.27. The lowest BCUT2D eigenvalue weighted by atomic mass is 10.1. The summed E-state index contributed by atoms with van der Waals surface area (Å²) in [4.78, 5) is 18.6. The van der Waals surface area contributed by atoms with Crippen LogP contribution in [0.3, 0.4) is 0 Å². The monoisotopic (exact) mass is 348 g/mol. The number of anilines is 1. The number of nitrogens with zero attached hydrogens (tertiary/aromatic N) is 1. The highest BCUT2D eigenvalue weighted by Crippen LogP contribution is 2.33. The van der Waals surface area contributed by atoms with Crippen LogP contribution in [0.2, 0.25) is 0 Å². The van der Waals surface area contributed by atoms with Gasteiger partial charge in [0.1, 0.15) is 5.58 Å². The minimum absolute atomic E-state index is 0.231. The van der Waals surface area contributed by atoms with Crippen molar-refractivity contribution in [3.8, 4) is 0 Å². The van der Waals surface area contributed by atoms with Gasteiger partial charge in [0.05, 0.1) is 5.69 Å². The fraction of sp³-hybridized carbons (Fsp3) is 0.200. The number of aryl methyl sites for hydroxylation is 3. The molecule has 0 saturated heterocycles. The van der Waals surface area contributed by atoms with Crippen LogP contribution in [-0.2, 0) is 12.8 Å². The lowest BCUT2D eigenvalue weighted by Gasteiger charge is -1.99. The van der Waals surface area contributed by atoms with Gasteiger partial charge in [0.25, 0.3) is 5.91 Å². The summed E-state index contributed by atoms with van der Waals surface area (Å²) >= 11 is 1.58. The van der Waals surface area contributed by atoms with E-state index in [0.717, 1.165) is 52.3 Å². The van der Waals surface area contributed by atoms with Crippen molar-refractivity contribution in [2.24, 2.45) is 0 Å². The van der Waals surface area contributed by atoms with E-state index in [1.54, 1.807) is 11.3 Å². The van der Waals surface area contributed by atoms with E-state index < -0.39 is 0 Å². The number of rotatable bonds is 2. The van der Waals surface area contributed by atoms with Gasteiger partial charge in [0.15, 0.2) is 10.9 Å². The second-order valence-electron chi connectivity index (χ2n) is 6.42. The van der Waals surface area contributed by atoms with Gasteiger partial charge in [-0.15, -0.1) is 11.3 Å². The van der Waals surface area contributed by atoms with E-state index in [2.05, 4.69) is 16.4 Å². The SMILES string of the molecule is Cc1c(C(=O)Nc2nc3c(s2)CCC3)oc2c1ccc1ccccc12. The molecule has 0 spiro atoms. The summed E-state index contributed by atoms with van der Waals surface area (Å²) in [6, 6.07) is 12.1. The van der Waals surface area contributed by atoms with Crippen molar-refractivity contribution >= 4 is 44.1 Å². The number of benzene rings is 2. The van der Waals surface area contributed by atoms with Crippen molar-refractivity contribution in [1.29, 1.82) is 0 Å². The molecule has 2 heterocycles. The average Bonchev–Trinajstić information content (AvgIpc) is 3.28. The standard InChI is InChI=1S/C20H16N2O2S/c1-11-13-10-9-12-5-2-3-6-14(12)18(13)24-17(11)19(23)22-20-21-15-7-4-8-16(15)25-20/h2-3,5-6,9-10H,4,7-8H2,1H3,(H,21,22,23). The summed E-state index contributed by atoms with van der Waals surface area (Å²) < 4.78 is 5.99. The lowest BCUT2D eigenvalue weighted by Crippen LogP contribution is -2.12. The highest BCUT2D eigenvalue weighted by Gasteiger charge is 2.22. The Morgan fingerprint density at radius 2 is 2.04 bits per heavy atom. The van der Waals surface area contributed by atoms with Gasteiger partial charge in [-0.3, -0.25) is 10.1 Å². The highest BCUT2D eigenvalue weighted by atomic mass is 32.1. The first-order chi connectivity index (χ1) is 12.2. The quantitative estimate of drug-likeness (QED) is 0.549. The maximum atomic E-state index is 12.7. The van der Waals surface area contributed by atoms with E-state index in [1.165, 1.54) is 4.88 Å². The van der Waals surface area contributed by atoms with Crippen LogP contribution in [-0.4, -0.2) is 10.9 Å². The molecule has 124 valence electrons. The van der Waals surface area contributed by atoms with Crippen LogP contribution < -0.4 is 5.32 Å². The number of carbonyl (C=O) groups is 1. The van der Waals surface area contributed by atoms with Gasteiger partial charge in [-0.1, -0.05) is 36.4 Å².